The number of nitrogens with one attached hydrogen (secondary N) is 1. The number of anilines is 1. The highest BCUT2D eigenvalue weighted by Crippen LogP contribution is 2.31. The lowest BCUT2D eigenvalue weighted by molar-refractivity contribution is -0.116. The first kappa shape index (κ1) is 23.8. The zero-order chi connectivity index (χ0) is 23.8. The summed E-state index contributed by atoms with van der Waals surface area (Å²) in [5.41, 5.74) is 1.51. The molecule has 1 amide bonds. The molecule has 0 aliphatic carbocycles. The molecule has 0 bridgehead atoms. The van der Waals surface area contributed by atoms with Crippen molar-refractivity contribution in [2.45, 2.75) is 11.4 Å². The quantitative estimate of drug-likeness (QED) is 0.519. The van der Waals surface area contributed by atoms with Gasteiger partial charge in [0, 0.05) is 18.3 Å². The Morgan fingerprint density at radius 3 is 2.36 bits per heavy atom. The Kier molecular flexibility index (Phi) is 7.66. The molecule has 33 heavy (non-hydrogen) atoms. The highest BCUT2D eigenvalue weighted by molar-refractivity contribution is 7.89. The zero-order valence-electron chi connectivity index (χ0n) is 18.2. The molecular weight excluding hydrogens is 442 g/mol. The maximum Gasteiger partial charge on any atom is 0.243 e. The van der Waals surface area contributed by atoms with Gasteiger partial charge in [0.15, 0.2) is 11.5 Å². The topological polar surface area (TPSA) is 109 Å². The van der Waals surface area contributed by atoms with Crippen molar-refractivity contribution in [3.05, 3.63) is 83.9 Å². The normalized spacial score (nSPS) is 11.0. The fourth-order valence-corrected chi connectivity index (χ4v) is 4.57. The molecule has 3 rings (SSSR count). The van der Waals surface area contributed by atoms with Crippen molar-refractivity contribution < 1.29 is 22.7 Å². The third-order valence-electron chi connectivity index (χ3n) is 4.79. The van der Waals surface area contributed by atoms with E-state index in [9.17, 15) is 13.2 Å². The Hall–Kier alpha value is -3.87. The van der Waals surface area contributed by atoms with E-state index in [0.29, 0.717) is 17.0 Å². The molecule has 0 aliphatic rings. The molecule has 0 aromatic heterocycles. The predicted octanol–water partition coefficient (Wildman–Crippen LogP) is 3.41. The molecule has 1 N–H and O–H groups in total. The van der Waals surface area contributed by atoms with Gasteiger partial charge in [0.25, 0.3) is 0 Å². The van der Waals surface area contributed by atoms with E-state index in [-0.39, 0.29) is 17.2 Å². The van der Waals surface area contributed by atoms with Crippen LogP contribution in [0.5, 0.6) is 11.5 Å². The maximum absolute atomic E-state index is 13.5. The van der Waals surface area contributed by atoms with Crippen LogP contribution < -0.4 is 14.8 Å². The first-order valence-electron chi connectivity index (χ1n) is 9.93. The number of nitrogens with zero attached hydrogens (tertiary/aromatic N) is 2. The molecule has 0 saturated heterocycles. The third-order valence-corrected chi connectivity index (χ3v) is 6.58. The Bertz CT molecular complexity index is 1270. The van der Waals surface area contributed by atoms with Crippen molar-refractivity contribution in [3.8, 4) is 17.6 Å². The average Bonchev–Trinajstić information content (AvgIpc) is 2.83. The minimum absolute atomic E-state index is 0.0107. The van der Waals surface area contributed by atoms with Crippen molar-refractivity contribution in [1.29, 1.82) is 5.26 Å². The summed E-state index contributed by atoms with van der Waals surface area (Å²) in [5, 5.41) is 11.7. The molecule has 8 nitrogen and oxygen atoms in total. The molecule has 0 saturated carbocycles. The van der Waals surface area contributed by atoms with Gasteiger partial charge < -0.3 is 14.8 Å². The van der Waals surface area contributed by atoms with Crippen molar-refractivity contribution in [2.75, 3.05) is 26.1 Å². The minimum atomic E-state index is -4.07. The second-order valence-electron chi connectivity index (χ2n) is 7.02. The summed E-state index contributed by atoms with van der Waals surface area (Å²) in [5.74, 6) is 0.113. The first-order valence-corrected chi connectivity index (χ1v) is 11.4. The van der Waals surface area contributed by atoms with Crippen molar-refractivity contribution in [2.24, 2.45) is 0 Å². The number of benzene rings is 3. The van der Waals surface area contributed by atoms with Gasteiger partial charge >= 0.3 is 0 Å². The lowest BCUT2D eigenvalue weighted by atomic mass is 10.2. The minimum Gasteiger partial charge on any atom is -0.493 e. The number of carbonyl (C=O) groups excluding carboxylic acids is 1. The summed E-state index contributed by atoms with van der Waals surface area (Å²) in [7, 11) is -1.20. The fourth-order valence-electron chi connectivity index (χ4n) is 3.17. The van der Waals surface area contributed by atoms with Crippen LogP contribution in [0.25, 0.3) is 0 Å². The van der Waals surface area contributed by atoms with Gasteiger partial charge in [-0.1, -0.05) is 36.4 Å². The van der Waals surface area contributed by atoms with E-state index in [4.69, 9.17) is 14.7 Å². The molecule has 0 radical (unpaired) electrons. The van der Waals surface area contributed by atoms with Crippen LogP contribution in [0, 0.1) is 11.3 Å². The summed E-state index contributed by atoms with van der Waals surface area (Å²) in [6.07, 6.45) is 0. The summed E-state index contributed by atoms with van der Waals surface area (Å²) in [6.45, 7) is -0.439. The maximum atomic E-state index is 13.5. The summed E-state index contributed by atoms with van der Waals surface area (Å²) in [4.78, 5) is 12.7. The predicted molar refractivity (Wildman–Crippen MR) is 123 cm³/mol. The van der Waals surface area contributed by atoms with Crippen LogP contribution in [0.3, 0.4) is 0 Å². The van der Waals surface area contributed by atoms with Crippen LogP contribution in [0.15, 0.2) is 77.7 Å². The van der Waals surface area contributed by atoms with Gasteiger partial charge in [-0.05, 0) is 35.9 Å². The van der Waals surface area contributed by atoms with Crippen LogP contribution in [0.4, 0.5) is 5.69 Å². The number of hydrogen-bond donors (Lipinski definition) is 1. The van der Waals surface area contributed by atoms with Crippen LogP contribution in [0.1, 0.15) is 11.1 Å². The van der Waals surface area contributed by atoms with E-state index in [1.807, 2.05) is 12.1 Å². The molecule has 0 atom stereocenters. The van der Waals surface area contributed by atoms with Crippen LogP contribution in [-0.2, 0) is 21.4 Å². The van der Waals surface area contributed by atoms with Crippen molar-refractivity contribution >= 4 is 21.6 Å². The molecular formula is C24H23N3O5S. The molecule has 170 valence electrons. The first-order chi connectivity index (χ1) is 15.9. The van der Waals surface area contributed by atoms with Gasteiger partial charge in [0.1, 0.15) is 0 Å². The fraction of sp³-hybridized carbons (Fsp3) is 0.167. The number of methoxy groups -OCH3 is 2. The zero-order valence-corrected chi connectivity index (χ0v) is 19.0. The van der Waals surface area contributed by atoms with Gasteiger partial charge in [0.2, 0.25) is 15.9 Å². The van der Waals surface area contributed by atoms with Gasteiger partial charge in [-0.3, -0.25) is 4.79 Å². The molecule has 0 heterocycles. The lowest BCUT2D eigenvalue weighted by Gasteiger charge is -2.22. The third kappa shape index (κ3) is 5.88. The summed E-state index contributed by atoms with van der Waals surface area (Å²) < 4.78 is 38.5. The molecule has 0 aliphatic heterocycles. The Morgan fingerprint density at radius 1 is 0.970 bits per heavy atom. The number of amides is 1. The Labute approximate surface area is 193 Å². The van der Waals surface area contributed by atoms with Crippen LogP contribution >= 0.6 is 0 Å². The number of rotatable bonds is 9. The van der Waals surface area contributed by atoms with E-state index in [1.54, 1.807) is 42.5 Å². The van der Waals surface area contributed by atoms with E-state index < -0.39 is 22.5 Å². The van der Waals surface area contributed by atoms with Gasteiger partial charge in [-0.2, -0.15) is 9.57 Å². The number of hydrogen-bond acceptors (Lipinski definition) is 6. The number of nitriles is 1. The molecule has 0 spiro atoms. The molecule has 9 heteroatoms. The SMILES string of the molecule is COc1ccc(S(=O)(=O)N(CC(=O)Nc2cccc(C#N)c2)Cc2ccccc2)cc1OC. The summed E-state index contributed by atoms with van der Waals surface area (Å²) in [6, 6.07) is 21.6. The molecule has 3 aromatic carbocycles. The molecule has 0 fully saturated rings. The van der Waals surface area contributed by atoms with Crippen molar-refractivity contribution in [3.63, 3.8) is 0 Å². The lowest BCUT2D eigenvalue weighted by Crippen LogP contribution is -2.37. The van der Waals surface area contributed by atoms with Crippen molar-refractivity contribution in [1.82, 2.24) is 4.31 Å². The van der Waals surface area contributed by atoms with E-state index in [2.05, 4.69) is 5.32 Å². The number of ether oxygens (including phenoxy) is 2. The Balaban J connectivity index is 1.91. The monoisotopic (exact) mass is 465 g/mol. The van der Waals surface area contributed by atoms with E-state index >= 15 is 0 Å². The average molecular weight is 466 g/mol. The van der Waals surface area contributed by atoms with Crippen LogP contribution in [-0.4, -0.2) is 39.4 Å². The smallest absolute Gasteiger partial charge is 0.243 e. The molecule has 0 unspecified atom stereocenters. The number of carbonyl (C=O) groups is 1. The highest BCUT2D eigenvalue weighted by atomic mass is 32.2. The molecule has 3 aromatic rings. The van der Waals surface area contributed by atoms with Gasteiger partial charge in [-0.25, -0.2) is 8.42 Å². The second kappa shape index (κ2) is 10.6. The Morgan fingerprint density at radius 2 is 1.70 bits per heavy atom. The van der Waals surface area contributed by atoms with Gasteiger partial charge in [0.05, 0.1) is 37.3 Å². The van der Waals surface area contributed by atoms with Gasteiger partial charge in [-0.15, -0.1) is 0 Å². The standard InChI is InChI=1S/C24H23N3O5S/c1-31-22-12-11-21(14-23(22)32-2)33(29,30)27(16-18-7-4-3-5-8-18)17-24(28)26-20-10-6-9-19(13-20)15-25/h3-14H,16-17H2,1-2H3,(H,26,28). The summed E-state index contributed by atoms with van der Waals surface area (Å²) >= 11 is 0. The van der Waals surface area contributed by atoms with E-state index in [0.717, 1.165) is 9.87 Å². The highest BCUT2D eigenvalue weighted by Gasteiger charge is 2.28. The number of sulfonamides is 1. The second-order valence-corrected chi connectivity index (χ2v) is 8.95. The van der Waals surface area contributed by atoms with Crippen LogP contribution in [0.2, 0.25) is 0 Å². The largest absolute Gasteiger partial charge is 0.493 e. The van der Waals surface area contributed by atoms with E-state index in [1.165, 1.54) is 38.5 Å².